The first kappa shape index (κ1) is 6.64. The predicted molar refractivity (Wildman–Crippen MR) is 54.8 cm³/mol. The Bertz CT molecular complexity index is 279. The van der Waals surface area contributed by atoms with Crippen LogP contribution in [-0.2, 0) is 0 Å². The summed E-state index contributed by atoms with van der Waals surface area (Å²) < 4.78 is 0. The maximum absolute atomic E-state index is 2.02. The smallest absolute Gasteiger partial charge is 0.0151 e. The molecular formula is C11H16S. The Morgan fingerprint density at radius 2 is 2.00 bits per heavy atom. The van der Waals surface area contributed by atoms with E-state index in [0.29, 0.717) is 0 Å². The molecular weight excluding hydrogens is 164 g/mol. The molecule has 0 aromatic heterocycles. The van der Waals surface area contributed by atoms with Crippen LogP contribution < -0.4 is 0 Å². The maximum atomic E-state index is 2.02. The van der Waals surface area contributed by atoms with E-state index in [1.807, 2.05) is 4.86 Å². The fourth-order valence-electron chi connectivity index (χ4n) is 3.88. The van der Waals surface area contributed by atoms with Gasteiger partial charge in [-0.05, 0) is 60.0 Å². The SMILES string of the molecule is C1CC2C1CC1CC2CS2=C1C2. The third-order valence-electron chi connectivity index (χ3n) is 4.73. The minimum absolute atomic E-state index is 0.883. The van der Waals surface area contributed by atoms with E-state index >= 15 is 0 Å². The molecule has 0 spiro atoms. The van der Waals surface area contributed by atoms with Crippen molar-refractivity contribution in [3.8, 4) is 0 Å². The van der Waals surface area contributed by atoms with Gasteiger partial charge in [0.2, 0.25) is 0 Å². The zero-order chi connectivity index (χ0) is 7.71. The van der Waals surface area contributed by atoms with Crippen LogP contribution in [-0.4, -0.2) is 16.4 Å². The molecule has 1 heteroatoms. The first-order valence-corrected chi connectivity index (χ1v) is 7.01. The van der Waals surface area contributed by atoms with Crippen LogP contribution in [0.3, 0.4) is 0 Å². The van der Waals surface area contributed by atoms with Crippen molar-refractivity contribution in [1.29, 1.82) is 0 Å². The second-order valence-electron chi connectivity index (χ2n) is 5.20. The third-order valence-corrected chi connectivity index (χ3v) is 7.09. The Labute approximate surface area is 76.7 Å². The zero-order valence-corrected chi connectivity index (χ0v) is 8.28. The highest BCUT2D eigenvalue weighted by molar-refractivity contribution is 8.24. The highest BCUT2D eigenvalue weighted by Gasteiger charge is 2.49. The lowest BCUT2D eigenvalue weighted by Gasteiger charge is -2.49. The second-order valence-corrected chi connectivity index (χ2v) is 7.33. The number of rotatable bonds is 0. The summed E-state index contributed by atoms with van der Waals surface area (Å²) in [7, 11) is 0.883. The first-order chi connectivity index (χ1) is 5.92. The number of fused-ring (bicyclic) bond motifs is 5. The summed E-state index contributed by atoms with van der Waals surface area (Å²) in [5.74, 6) is 7.92. The predicted octanol–water partition coefficient (Wildman–Crippen LogP) is 2.51. The van der Waals surface area contributed by atoms with Crippen molar-refractivity contribution in [2.24, 2.45) is 23.7 Å². The average Bonchev–Trinajstić information content (AvgIpc) is 2.74. The third kappa shape index (κ3) is 0.700. The van der Waals surface area contributed by atoms with Crippen molar-refractivity contribution in [2.45, 2.75) is 25.7 Å². The quantitative estimate of drug-likeness (QED) is 0.502. The van der Waals surface area contributed by atoms with Crippen molar-refractivity contribution in [1.82, 2.24) is 0 Å². The Kier molecular flexibility index (Phi) is 1.11. The normalized spacial score (nSPS) is 60.0. The van der Waals surface area contributed by atoms with Gasteiger partial charge in [-0.2, -0.15) is 10.5 Å². The molecule has 0 radical (unpaired) electrons. The van der Waals surface area contributed by atoms with Gasteiger partial charge in [-0.1, -0.05) is 0 Å². The van der Waals surface area contributed by atoms with Gasteiger partial charge < -0.3 is 0 Å². The highest BCUT2D eigenvalue weighted by Crippen LogP contribution is 2.58. The lowest BCUT2D eigenvalue weighted by atomic mass is 9.58. The van der Waals surface area contributed by atoms with Gasteiger partial charge >= 0.3 is 0 Å². The molecule has 0 nitrogen and oxygen atoms in total. The minimum atomic E-state index is 0.883. The molecule has 2 aliphatic heterocycles. The molecule has 66 valence electrons. The van der Waals surface area contributed by atoms with E-state index in [-0.39, 0.29) is 0 Å². The van der Waals surface area contributed by atoms with Crippen LogP contribution in [0.1, 0.15) is 25.7 Å². The van der Waals surface area contributed by atoms with Gasteiger partial charge in [-0.3, -0.25) is 0 Å². The lowest BCUT2D eigenvalue weighted by molar-refractivity contribution is 0.0489. The van der Waals surface area contributed by atoms with Gasteiger partial charge in [0, 0.05) is 5.75 Å². The molecule has 0 amide bonds. The summed E-state index contributed by atoms with van der Waals surface area (Å²) in [6.45, 7) is 0. The Morgan fingerprint density at radius 1 is 1.08 bits per heavy atom. The fourth-order valence-corrected chi connectivity index (χ4v) is 6.55. The molecule has 0 aromatic rings. The van der Waals surface area contributed by atoms with Crippen LogP contribution in [0.2, 0.25) is 0 Å². The largest absolute Gasteiger partial charge is 0.181 e. The summed E-state index contributed by atoms with van der Waals surface area (Å²) in [6, 6.07) is 0. The van der Waals surface area contributed by atoms with Gasteiger partial charge in [0.15, 0.2) is 0 Å². The second kappa shape index (κ2) is 2.00. The summed E-state index contributed by atoms with van der Waals surface area (Å²) in [5.41, 5.74) is 0. The molecule has 5 atom stereocenters. The maximum Gasteiger partial charge on any atom is 0.0151 e. The molecule has 2 saturated carbocycles. The van der Waals surface area contributed by atoms with E-state index < -0.39 is 0 Å². The van der Waals surface area contributed by atoms with Crippen molar-refractivity contribution in [3.05, 3.63) is 0 Å². The van der Waals surface area contributed by atoms with Crippen LogP contribution in [0.15, 0.2) is 0 Å². The molecule has 0 saturated heterocycles. The fraction of sp³-hybridized carbons (Fsp3) is 0.909. The van der Waals surface area contributed by atoms with Crippen LogP contribution >= 0.6 is 10.5 Å². The highest BCUT2D eigenvalue weighted by atomic mass is 32.2. The van der Waals surface area contributed by atoms with Gasteiger partial charge in [-0.25, -0.2) is 0 Å². The van der Waals surface area contributed by atoms with Gasteiger partial charge in [0.05, 0.1) is 0 Å². The summed E-state index contributed by atoms with van der Waals surface area (Å²) >= 11 is 0. The molecule has 2 aliphatic carbocycles. The van der Waals surface area contributed by atoms with E-state index in [0.717, 1.165) is 16.4 Å². The number of hydrogen-bond acceptors (Lipinski definition) is 0. The molecule has 2 bridgehead atoms. The monoisotopic (exact) mass is 180 g/mol. The Hall–Kier alpha value is 0.220. The zero-order valence-electron chi connectivity index (χ0n) is 7.46. The molecule has 0 N–H and O–H groups in total. The summed E-state index contributed by atoms with van der Waals surface area (Å²) in [5, 5.41) is 0. The molecule has 4 aliphatic rings. The molecule has 2 fully saturated rings. The number of hydrogen-bond donors (Lipinski definition) is 0. The van der Waals surface area contributed by atoms with Crippen molar-refractivity contribution < 1.29 is 0 Å². The molecule has 5 unspecified atom stereocenters. The van der Waals surface area contributed by atoms with Crippen LogP contribution in [0.4, 0.5) is 0 Å². The van der Waals surface area contributed by atoms with E-state index in [9.17, 15) is 0 Å². The van der Waals surface area contributed by atoms with E-state index in [1.165, 1.54) is 17.8 Å². The average molecular weight is 180 g/mol. The van der Waals surface area contributed by atoms with E-state index in [4.69, 9.17) is 0 Å². The topological polar surface area (TPSA) is 0 Å². The molecule has 4 rings (SSSR count). The summed E-state index contributed by atoms with van der Waals surface area (Å²) in [4.78, 5) is 2.02. The van der Waals surface area contributed by atoms with Crippen molar-refractivity contribution in [3.63, 3.8) is 0 Å². The van der Waals surface area contributed by atoms with Crippen LogP contribution in [0.25, 0.3) is 0 Å². The molecule has 0 aromatic carbocycles. The molecule has 2 heterocycles. The van der Waals surface area contributed by atoms with E-state index in [1.54, 1.807) is 37.2 Å². The minimum Gasteiger partial charge on any atom is -0.181 e. The standard InChI is InChI=1S/C11H16S/c1-2-10-7(1)3-8-4-9(10)5-12-6-11(8)12/h7-10H,1-6H2. The van der Waals surface area contributed by atoms with Gasteiger partial charge in [0.1, 0.15) is 0 Å². The van der Waals surface area contributed by atoms with Crippen LogP contribution in [0.5, 0.6) is 0 Å². The van der Waals surface area contributed by atoms with Crippen LogP contribution in [0, 0.1) is 23.7 Å². The first-order valence-electron chi connectivity index (χ1n) is 5.45. The lowest BCUT2D eigenvalue weighted by Crippen LogP contribution is -2.42. The van der Waals surface area contributed by atoms with E-state index in [2.05, 4.69) is 0 Å². The summed E-state index contributed by atoms with van der Waals surface area (Å²) in [6.07, 6.45) is 6.40. The Morgan fingerprint density at radius 3 is 2.83 bits per heavy atom. The Balaban J connectivity index is 1.73. The molecule has 12 heavy (non-hydrogen) atoms. The van der Waals surface area contributed by atoms with Crippen molar-refractivity contribution in [2.75, 3.05) is 11.5 Å². The van der Waals surface area contributed by atoms with Gasteiger partial charge in [-0.15, -0.1) is 0 Å². The van der Waals surface area contributed by atoms with Gasteiger partial charge in [0.25, 0.3) is 0 Å². The van der Waals surface area contributed by atoms with Crippen molar-refractivity contribution >= 4 is 15.3 Å².